The number of nitrogens with two attached hydrogens (primary N) is 1. The van der Waals surface area contributed by atoms with Crippen molar-refractivity contribution >= 4 is 11.6 Å². The number of hydrogen-bond donors (Lipinski definition) is 1. The van der Waals surface area contributed by atoms with Crippen LogP contribution in [-0.4, -0.2) is 6.54 Å². The minimum atomic E-state index is 0.360. The van der Waals surface area contributed by atoms with E-state index >= 15 is 0 Å². The third-order valence-corrected chi connectivity index (χ3v) is 3.18. The van der Waals surface area contributed by atoms with Crippen LogP contribution in [-0.2, 0) is 0 Å². The standard InChI is InChI=1S/C15H16ClN/c16-14-8-6-13(7-9-14)15(10-11-17)12-4-2-1-3-5-12/h1-9,15H,10-11,17H2. The van der Waals surface area contributed by atoms with E-state index in [0.29, 0.717) is 12.5 Å². The van der Waals surface area contributed by atoms with Crippen LogP contribution in [0.2, 0.25) is 5.02 Å². The monoisotopic (exact) mass is 245 g/mol. The molecule has 0 aliphatic heterocycles. The molecule has 0 bridgehead atoms. The van der Waals surface area contributed by atoms with Crippen molar-refractivity contribution in [2.24, 2.45) is 5.73 Å². The normalized spacial score (nSPS) is 12.4. The molecule has 0 saturated carbocycles. The molecular formula is C15H16ClN. The number of hydrogen-bond acceptors (Lipinski definition) is 1. The Balaban J connectivity index is 2.32. The van der Waals surface area contributed by atoms with Crippen molar-refractivity contribution < 1.29 is 0 Å². The van der Waals surface area contributed by atoms with E-state index in [2.05, 4.69) is 36.4 Å². The highest BCUT2D eigenvalue weighted by Gasteiger charge is 2.12. The molecule has 0 aromatic heterocycles. The first-order valence-corrected chi connectivity index (χ1v) is 6.19. The lowest BCUT2D eigenvalue weighted by Gasteiger charge is -2.17. The summed E-state index contributed by atoms with van der Waals surface area (Å²) in [5.41, 5.74) is 8.28. The lowest BCUT2D eigenvalue weighted by atomic mass is 9.89. The van der Waals surface area contributed by atoms with Crippen LogP contribution < -0.4 is 5.73 Å². The molecular weight excluding hydrogens is 230 g/mol. The van der Waals surface area contributed by atoms with E-state index in [1.54, 1.807) is 0 Å². The summed E-state index contributed by atoms with van der Waals surface area (Å²) < 4.78 is 0. The van der Waals surface area contributed by atoms with Crippen LogP contribution in [0.3, 0.4) is 0 Å². The molecule has 0 radical (unpaired) electrons. The maximum absolute atomic E-state index is 5.91. The molecule has 2 rings (SSSR count). The number of halogens is 1. The molecule has 2 N–H and O–H groups in total. The highest BCUT2D eigenvalue weighted by atomic mass is 35.5. The van der Waals surface area contributed by atoms with E-state index in [1.165, 1.54) is 11.1 Å². The van der Waals surface area contributed by atoms with Gasteiger partial charge in [0.05, 0.1) is 0 Å². The Bertz CT molecular complexity index is 450. The van der Waals surface area contributed by atoms with Gasteiger partial charge in [0, 0.05) is 10.9 Å². The second-order valence-corrected chi connectivity index (χ2v) is 4.53. The summed E-state index contributed by atoms with van der Waals surface area (Å²) in [7, 11) is 0. The van der Waals surface area contributed by atoms with Gasteiger partial charge in [-0.1, -0.05) is 54.1 Å². The van der Waals surface area contributed by atoms with Gasteiger partial charge in [0.25, 0.3) is 0 Å². The number of benzene rings is 2. The quantitative estimate of drug-likeness (QED) is 0.871. The molecule has 0 heterocycles. The Kier molecular flexibility index (Phi) is 4.18. The molecule has 0 aliphatic rings. The molecule has 0 fully saturated rings. The summed E-state index contributed by atoms with van der Waals surface area (Å²) in [4.78, 5) is 0. The Morgan fingerprint density at radius 2 is 1.47 bits per heavy atom. The fraction of sp³-hybridized carbons (Fsp3) is 0.200. The zero-order chi connectivity index (χ0) is 12.1. The van der Waals surface area contributed by atoms with Gasteiger partial charge in [0.2, 0.25) is 0 Å². The van der Waals surface area contributed by atoms with E-state index in [0.717, 1.165) is 11.4 Å². The maximum Gasteiger partial charge on any atom is 0.0406 e. The molecule has 0 spiro atoms. The Morgan fingerprint density at radius 1 is 0.882 bits per heavy atom. The first kappa shape index (κ1) is 12.2. The van der Waals surface area contributed by atoms with E-state index in [9.17, 15) is 0 Å². The van der Waals surface area contributed by atoms with Crippen LogP contribution in [0.5, 0.6) is 0 Å². The van der Waals surface area contributed by atoms with Gasteiger partial charge in [-0.05, 0) is 36.2 Å². The largest absolute Gasteiger partial charge is 0.330 e. The van der Waals surface area contributed by atoms with Gasteiger partial charge < -0.3 is 5.73 Å². The van der Waals surface area contributed by atoms with Gasteiger partial charge in [-0.25, -0.2) is 0 Å². The zero-order valence-corrected chi connectivity index (χ0v) is 10.4. The van der Waals surface area contributed by atoms with E-state index in [4.69, 9.17) is 17.3 Å². The van der Waals surface area contributed by atoms with Crippen molar-refractivity contribution in [1.29, 1.82) is 0 Å². The molecule has 1 atom stereocenters. The van der Waals surface area contributed by atoms with Gasteiger partial charge in [0.1, 0.15) is 0 Å². The number of rotatable bonds is 4. The Hall–Kier alpha value is -1.31. The van der Waals surface area contributed by atoms with Crippen molar-refractivity contribution in [2.45, 2.75) is 12.3 Å². The van der Waals surface area contributed by atoms with Gasteiger partial charge in [-0.15, -0.1) is 0 Å². The molecule has 2 aromatic rings. The molecule has 0 amide bonds. The third kappa shape index (κ3) is 3.09. The highest BCUT2D eigenvalue weighted by molar-refractivity contribution is 6.30. The smallest absolute Gasteiger partial charge is 0.0406 e. The van der Waals surface area contributed by atoms with E-state index in [1.807, 2.05) is 18.2 Å². The minimum Gasteiger partial charge on any atom is -0.330 e. The second-order valence-electron chi connectivity index (χ2n) is 4.09. The van der Waals surface area contributed by atoms with Crippen LogP contribution in [0, 0.1) is 0 Å². The van der Waals surface area contributed by atoms with Crippen LogP contribution >= 0.6 is 11.6 Å². The average Bonchev–Trinajstić information content (AvgIpc) is 2.38. The summed E-state index contributed by atoms with van der Waals surface area (Å²) in [6.45, 7) is 0.683. The highest BCUT2D eigenvalue weighted by Crippen LogP contribution is 2.28. The van der Waals surface area contributed by atoms with Gasteiger partial charge >= 0.3 is 0 Å². The third-order valence-electron chi connectivity index (χ3n) is 2.93. The topological polar surface area (TPSA) is 26.0 Å². The fourth-order valence-corrected chi connectivity index (χ4v) is 2.20. The summed E-state index contributed by atoms with van der Waals surface area (Å²) in [5.74, 6) is 0.360. The summed E-state index contributed by atoms with van der Waals surface area (Å²) in [6.07, 6.45) is 0.950. The van der Waals surface area contributed by atoms with Crippen molar-refractivity contribution in [1.82, 2.24) is 0 Å². The molecule has 1 unspecified atom stereocenters. The van der Waals surface area contributed by atoms with Gasteiger partial charge in [-0.2, -0.15) is 0 Å². The fourth-order valence-electron chi connectivity index (χ4n) is 2.07. The lowest BCUT2D eigenvalue weighted by Crippen LogP contribution is -2.08. The zero-order valence-electron chi connectivity index (χ0n) is 9.64. The SMILES string of the molecule is NCCC(c1ccccc1)c1ccc(Cl)cc1. The Labute approximate surface area is 107 Å². The van der Waals surface area contributed by atoms with E-state index in [-0.39, 0.29) is 0 Å². The average molecular weight is 246 g/mol. The predicted molar refractivity (Wildman–Crippen MR) is 73.4 cm³/mol. The van der Waals surface area contributed by atoms with Crippen LogP contribution in [0.25, 0.3) is 0 Å². The maximum atomic E-state index is 5.91. The van der Waals surface area contributed by atoms with Gasteiger partial charge in [-0.3, -0.25) is 0 Å². The first-order valence-electron chi connectivity index (χ1n) is 5.81. The summed E-state index contributed by atoms with van der Waals surface area (Å²) >= 11 is 5.91. The molecule has 88 valence electrons. The second kappa shape index (κ2) is 5.85. The van der Waals surface area contributed by atoms with Gasteiger partial charge in [0.15, 0.2) is 0 Å². The van der Waals surface area contributed by atoms with Crippen molar-refractivity contribution in [3.05, 3.63) is 70.7 Å². The minimum absolute atomic E-state index is 0.360. The molecule has 2 heteroatoms. The molecule has 0 aliphatic carbocycles. The molecule has 1 nitrogen and oxygen atoms in total. The van der Waals surface area contributed by atoms with Crippen molar-refractivity contribution in [3.8, 4) is 0 Å². The molecule has 2 aromatic carbocycles. The molecule has 17 heavy (non-hydrogen) atoms. The molecule has 0 saturated heterocycles. The first-order chi connectivity index (χ1) is 8.31. The summed E-state index contributed by atoms with van der Waals surface area (Å²) in [6, 6.07) is 18.5. The van der Waals surface area contributed by atoms with Crippen molar-refractivity contribution in [2.75, 3.05) is 6.54 Å². The lowest BCUT2D eigenvalue weighted by molar-refractivity contribution is 0.726. The van der Waals surface area contributed by atoms with E-state index < -0.39 is 0 Å². The predicted octanol–water partition coefficient (Wildman–Crippen LogP) is 3.82. The Morgan fingerprint density at radius 3 is 2.06 bits per heavy atom. The van der Waals surface area contributed by atoms with Crippen LogP contribution in [0.4, 0.5) is 0 Å². The van der Waals surface area contributed by atoms with Crippen LogP contribution in [0.15, 0.2) is 54.6 Å². The van der Waals surface area contributed by atoms with Crippen molar-refractivity contribution in [3.63, 3.8) is 0 Å². The van der Waals surface area contributed by atoms with Crippen LogP contribution in [0.1, 0.15) is 23.5 Å². The summed E-state index contributed by atoms with van der Waals surface area (Å²) in [5, 5.41) is 0.772.